The molecule has 1 aliphatic carbocycles. The fourth-order valence-electron chi connectivity index (χ4n) is 1.64. The van der Waals surface area contributed by atoms with Crippen LogP contribution in [0, 0.1) is 0 Å². The first-order valence-electron chi connectivity index (χ1n) is 6.44. The number of hydrogen-bond acceptors (Lipinski definition) is 8. The molecule has 1 fully saturated rings. The molecule has 1 aliphatic rings. The summed E-state index contributed by atoms with van der Waals surface area (Å²) in [5.41, 5.74) is 11.6. The molecule has 22 heavy (non-hydrogen) atoms. The van der Waals surface area contributed by atoms with Gasteiger partial charge in [-0.25, -0.2) is 0 Å². The van der Waals surface area contributed by atoms with Crippen molar-refractivity contribution in [2.45, 2.75) is 44.1 Å². The van der Waals surface area contributed by atoms with Crippen LogP contribution in [-0.4, -0.2) is 52.2 Å². The molecule has 0 atom stereocenters. The molecular weight excluding hydrogens is 340 g/mol. The Balaban J connectivity index is 0. The Bertz CT molecular complexity index is 437. The lowest BCUT2D eigenvalue weighted by atomic mass is 9.92. The second-order valence-corrected chi connectivity index (χ2v) is 7.05. The van der Waals surface area contributed by atoms with Crippen LogP contribution in [0.1, 0.15) is 38.5 Å². The van der Waals surface area contributed by atoms with Gasteiger partial charge in [0, 0.05) is 12.1 Å². The normalized spacial score (nSPS) is 18.1. The fourth-order valence-corrected chi connectivity index (χ4v) is 1.64. The van der Waals surface area contributed by atoms with Crippen molar-refractivity contribution in [1.29, 1.82) is 0 Å². The lowest BCUT2D eigenvalue weighted by Gasteiger charge is -2.25. The molecule has 0 aromatic carbocycles. The van der Waals surface area contributed by atoms with Crippen molar-refractivity contribution in [3.63, 3.8) is 0 Å². The van der Waals surface area contributed by atoms with E-state index >= 15 is 0 Å². The van der Waals surface area contributed by atoms with Crippen molar-refractivity contribution < 1.29 is 34.3 Å². The van der Waals surface area contributed by atoms with E-state index in [9.17, 15) is 16.8 Å². The summed E-state index contributed by atoms with van der Waals surface area (Å²) in [6.45, 7) is 0.660. The van der Waals surface area contributed by atoms with E-state index in [-0.39, 0.29) is 5.54 Å². The predicted molar refractivity (Wildman–Crippen MR) is 80.8 cm³/mol. The van der Waals surface area contributed by atoms with Crippen LogP contribution < -0.4 is 11.5 Å². The zero-order valence-corrected chi connectivity index (χ0v) is 14.4. The van der Waals surface area contributed by atoms with Crippen molar-refractivity contribution >= 4 is 20.8 Å². The van der Waals surface area contributed by atoms with Crippen LogP contribution in [0.15, 0.2) is 0 Å². The highest BCUT2D eigenvalue weighted by Crippen LogP contribution is 2.23. The van der Waals surface area contributed by atoms with Gasteiger partial charge in [0.05, 0.1) is 14.2 Å². The van der Waals surface area contributed by atoms with Crippen molar-refractivity contribution in [1.82, 2.24) is 0 Å². The molecule has 0 aromatic heterocycles. The van der Waals surface area contributed by atoms with Crippen LogP contribution in [0.5, 0.6) is 0 Å². The molecule has 0 unspecified atom stereocenters. The number of nitrogens with two attached hydrogens (primary N) is 2. The van der Waals surface area contributed by atoms with Crippen molar-refractivity contribution in [3.8, 4) is 0 Å². The second-order valence-electron chi connectivity index (χ2n) is 4.67. The lowest BCUT2D eigenvalue weighted by molar-refractivity contribution is 0.323. The molecular formula is C10H26N2O8S2. The summed E-state index contributed by atoms with van der Waals surface area (Å²) in [7, 11) is -6.58. The third-order valence-corrected chi connectivity index (χ3v) is 3.77. The monoisotopic (exact) mass is 366 g/mol. The molecule has 0 spiro atoms. The van der Waals surface area contributed by atoms with Crippen LogP contribution in [0.25, 0.3) is 0 Å². The first kappa shape index (κ1) is 23.9. The first-order valence-corrected chi connectivity index (χ1v) is 9.17. The quantitative estimate of drug-likeness (QED) is 0.388. The van der Waals surface area contributed by atoms with Crippen LogP contribution in [0.4, 0.5) is 0 Å². The Hall–Kier alpha value is -0.340. The molecule has 1 rings (SSSR count). The summed E-state index contributed by atoms with van der Waals surface area (Å²) in [5, 5.41) is 0. The highest BCUT2D eigenvalue weighted by atomic mass is 32.3. The summed E-state index contributed by atoms with van der Waals surface area (Å²) in [6.07, 6.45) is 7.49. The zero-order chi connectivity index (χ0) is 17.9. The van der Waals surface area contributed by atoms with Gasteiger partial charge in [0.15, 0.2) is 0 Å². The maximum Gasteiger partial charge on any atom is 0.397 e. The molecule has 136 valence electrons. The average molecular weight is 366 g/mol. The number of rotatable bonds is 3. The molecule has 0 radical (unpaired) electrons. The van der Waals surface area contributed by atoms with Gasteiger partial charge in [-0.05, 0) is 12.8 Å². The van der Waals surface area contributed by atoms with Gasteiger partial charge in [0.25, 0.3) is 0 Å². The van der Waals surface area contributed by atoms with Crippen molar-refractivity contribution in [2.24, 2.45) is 11.5 Å². The average Bonchev–Trinajstić information content (AvgIpc) is 2.64. The maximum atomic E-state index is 9.33. The van der Waals surface area contributed by atoms with Gasteiger partial charge in [-0.1, -0.05) is 25.7 Å². The van der Waals surface area contributed by atoms with Crippen molar-refractivity contribution in [2.75, 3.05) is 20.8 Å². The number of hydrogen-bond donors (Lipinski definition) is 4. The topological polar surface area (TPSA) is 179 Å². The lowest BCUT2D eigenvalue weighted by Crippen LogP contribution is -2.46. The van der Waals surface area contributed by atoms with E-state index in [0.717, 1.165) is 27.1 Å². The van der Waals surface area contributed by atoms with E-state index in [1.54, 1.807) is 0 Å². The Morgan fingerprint density at radius 2 is 1.18 bits per heavy atom. The Morgan fingerprint density at radius 3 is 1.36 bits per heavy atom. The van der Waals surface area contributed by atoms with Gasteiger partial charge in [0.1, 0.15) is 0 Å². The van der Waals surface area contributed by atoms with E-state index in [2.05, 4.69) is 8.37 Å². The van der Waals surface area contributed by atoms with Crippen LogP contribution >= 0.6 is 0 Å². The molecule has 0 saturated heterocycles. The Kier molecular flexibility index (Phi) is 12.2. The van der Waals surface area contributed by atoms with E-state index in [4.69, 9.17) is 20.6 Å². The highest BCUT2D eigenvalue weighted by Gasteiger charge is 2.23. The molecule has 12 heteroatoms. The maximum absolute atomic E-state index is 9.33. The molecule has 0 amide bonds. The SMILES string of the molecule is COS(=O)(=O)O.COS(=O)(=O)O.NCC1(N)CCCCCC1. The van der Waals surface area contributed by atoms with Gasteiger partial charge in [-0.2, -0.15) is 16.8 Å². The van der Waals surface area contributed by atoms with Gasteiger partial charge in [-0.3, -0.25) is 17.5 Å². The van der Waals surface area contributed by atoms with Gasteiger partial charge in [-0.15, -0.1) is 0 Å². The molecule has 6 N–H and O–H groups in total. The molecule has 10 nitrogen and oxygen atoms in total. The van der Waals surface area contributed by atoms with Gasteiger partial charge in [0.2, 0.25) is 0 Å². The first-order chi connectivity index (χ1) is 9.89. The van der Waals surface area contributed by atoms with Crippen LogP contribution in [-0.2, 0) is 29.2 Å². The second kappa shape index (κ2) is 11.2. The van der Waals surface area contributed by atoms with E-state index in [1.165, 1.54) is 25.7 Å². The highest BCUT2D eigenvalue weighted by molar-refractivity contribution is 7.81. The van der Waals surface area contributed by atoms with Crippen LogP contribution in [0.2, 0.25) is 0 Å². The summed E-state index contributed by atoms with van der Waals surface area (Å²) in [5.74, 6) is 0. The third-order valence-electron chi connectivity index (χ3n) is 2.93. The third kappa shape index (κ3) is 17.7. The fraction of sp³-hybridized carbons (Fsp3) is 1.00. The summed E-state index contributed by atoms with van der Waals surface area (Å²) >= 11 is 0. The Labute approximate surface area is 132 Å². The smallest absolute Gasteiger partial charge is 0.329 e. The zero-order valence-electron chi connectivity index (χ0n) is 12.8. The van der Waals surface area contributed by atoms with E-state index in [0.29, 0.717) is 6.54 Å². The summed E-state index contributed by atoms with van der Waals surface area (Å²) in [4.78, 5) is 0. The van der Waals surface area contributed by atoms with Crippen LogP contribution in [0.3, 0.4) is 0 Å². The summed E-state index contributed by atoms with van der Waals surface area (Å²) in [6, 6.07) is 0. The van der Waals surface area contributed by atoms with E-state index in [1.807, 2.05) is 0 Å². The summed E-state index contributed by atoms with van der Waals surface area (Å²) < 4.78 is 59.4. The molecule has 1 saturated carbocycles. The molecule has 0 heterocycles. The van der Waals surface area contributed by atoms with Gasteiger partial charge < -0.3 is 11.5 Å². The Morgan fingerprint density at radius 1 is 0.909 bits per heavy atom. The molecule has 0 bridgehead atoms. The molecule has 0 aliphatic heterocycles. The minimum atomic E-state index is -4.16. The van der Waals surface area contributed by atoms with Crippen molar-refractivity contribution in [3.05, 3.63) is 0 Å². The molecule has 0 aromatic rings. The predicted octanol–water partition coefficient (Wildman–Crippen LogP) is -0.132. The van der Waals surface area contributed by atoms with E-state index < -0.39 is 20.8 Å². The standard InChI is InChI=1S/C8H18N2.2CH4O4S/c9-7-8(10)5-3-1-2-4-6-8;2*1-5-6(2,3)4/h1-7,9-10H2;2*1H3,(H,2,3,4). The minimum absolute atomic E-state index is 0.0174. The minimum Gasteiger partial charge on any atom is -0.329 e. The van der Waals surface area contributed by atoms with Gasteiger partial charge >= 0.3 is 20.8 Å². The largest absolute Gasteiger partial charge is 0.397 e.